The van der Waals surface area contributed by atoms with Crippen LogP contribution in [-0.2, 0) is 4.79 Å². The molecule has 23 heavy (non-hydrogen) atoms. The van der Waals surface area contributed by atoms with Crippen LogP contribution in [0.15, 0.2) is 54.2 Å². The van der Waals surface area contributed by atoms with Gasteiger partial charge in [0, 0.05) is 23.3 Å². The first-order valence-corrected chi connectivity index (χ1v) is 7.94. The number of nitrogens with zero attached hydrogens (tertiary/aromatic N) is 2. The van der Waals surface area contributed by atoms with Crippen molar-refractivity contribution in [1.82, 2.24) is 9.97 Å². The van der Waals surface area contributed by atoms with E-state index in [9.17, 15) is 4.79 Å². The quantitative estimate of drug-likeness (QED) is 0.779. The van der Waals surface area contributed by atoms with Crippen molar-refractivity contribution in [1.29, 1.82) is 0 Å². The van der Waals surface area contributed by atoms with Gasteiger partial charge in [0.25, 0.3) is 5.91 Å². The van der Waals surface area contributed by atoms with Gasteiger partial charge >= 0.3 is 0 Å². The largest absolute Gasteiger partial charge is 0.484 e. The van der Waals surface area contributed by atoms with Crippen molar-refractivity contribution in [3.05, 3.63) is 59.7 Å². The van der Waals surface area contributed by atoms with Gasteiger partial charge in [0.15, 0.2) is 11.7 Å². The molecule has 1 N–H and O–H groups in total. The second-order valence-corrected chi connectivity index (χ2v) is 5.79. The lowest BCUT2D eigenvalue weighted by Gasteiger charge is -2.05. The van der Waals surface area contributed by atoms with Crippen LogP contribution >= 0.6 is 11.3 Å². The minimum Gasteiger partial charge on any atom is -0.484 e. The predicted octanol–water partition coefficient (Wildman–Crippen LogP) is 3.53. The summed E-state index contributed by atoms with van der Waals surface area (Å²) in [5.74, 6) is 0.429. The maximum absolute atomic E-state index is 11.9. The monoisotopic (exact) mass is 325 g/mol. The van der Waals surface area contributed by atoms with E-state index >= 15 is 0 Å². The molecule has 3 aromatic rings. The lowest BCUT2D eigenvalue weighted by atomic mass is 10.2. The number of pyridine rings is 1. The van der Waals surface area contributed by atoms with Crippen LogP contribution < -0.4 is 10.1 Å². The summed E-state index contributed by atoms with van der Waals surface area (Å²) in [6, 6.07) is 11.3. The Balaban J connectivity index is 1.56. The summed E-state index contributed by atoms with van der Waals surface area (Å²) in [6.45, 7) is 1.95. The van der Waals surface area contributed by atoms with Gasteiger partial charge in [-0.15, -0.1) is 11.3 Å². The van der Waals surface area contributed by atoms with Crippen molar-refractivity contribution in [3.8, 4) is 17.0 Å². The van der Waals surface area contributed by atoms with E-state index in [0.29, 0.717) is 10.9 Å². The van der Waals surface area contributed by atoms with Crippen LogP contribution in [0, 0.1) is 6.92 Å². The number of ether oxygens (including phenoxy) is 1. The highest BCUT2D eigenvalue weighted by atomic mass is 32.1. The number of carbonyl (C=O) groups is 1. The molecular formula is C17H15N3O2S. The van der Waals surface area contributed by atoms with E-state index in [-0.39, 0.29) is 12.5 Å². The predicted molar refractivity (Wildman–Crippen MR) is 90.6 cm³/mol. The molecule has 0 bridgehead atoms. The molecule has 0 unspecified atom stereocenters. The minimum absolute atomic E-state index is 0.0507. The second-order valence-electron chi connectivity index (χ2n) is 4.93. The number of nitrogens with one attached hydrogen (secondary N) is 1. The Hall–Kier alpha value is -2.73. The summed E-state index contributed by atoms with van der Waals surface area (Å²) >= 11 is 1.37. The first kappa shape index (κ1) is 15.2. The highest BCUT2D eigenvalue weighted by molar-refractivity contribution is 7.14. The molecular weight excluding hydrogens is 310 g/mol. The van der Waals surface area contributed by atoms with Crippen molar-refractivity contribution < 1.29 is 9.53 Å². The molecule has 0 saturated heterocycles. The van der Waals surface area contributed by atoms with Gasteiger partial charge in [0.05, 0.1) is 5.69 Å². The van der Waals surface area contributed by atoms with Crippen molar-refractivity contribution in [2.45, 2.75) is 6.92 Å². The van der Waals surface area contributed by atoms with E-state index in [4.69, 9.17) is 4.74 Å². The van der Waals surface area contributed by atoms with Gasteiger partial charge in [0.2, 0.25) is 0 Å². The van der Waals surface area contributed by atoms with Gasteiger partial charge < -0.3 is 4.74 Å². The van der Waals surface area contributed by atoms with Crippen molar-refractivity contribution in [2.75, 3.05) is 11.9 Å². The smallest absolute Gasteiger partial charge is 0.264 e. The van der Waals surface area contributed by atoms with Crippen molar-refractivity contribution >= 4 is 22.4 Å². The van der Waals surface area contributed by atoms with Gasteiger partial charge in [-0.05, 0) is 31.2 Å². The lowest BCUT2D eigenvalue weighted by molar-refractivity contribution is -0.118. The van der Waals surface area contributed by atoms with Gasteiger partial charge in [-0.2, -0.15) is 0 Å². The minimum atomic E-state index is -0.238. The molecule has 0 aliphatic carbocycles. The normalized spacial score (nSPS) is 10.3. The van der Waals surface area contributed by atoms with Gasteiger partial charge in [-0.1, -0.05) is 17.7 Å². The number of aryl methyl sites for hydroxylation is 1. The number of thiazole rings is 1. The molecule has 2 heterocycles. The zero-order chi connectivity index (χ0) is 16.1. The number of hydrogen-bond donors (Lipinski definition) is 1. The topological polar surface area (TPSA) is 64.1 Å². The Kier molecular flexibility index (Phi) is 4.63. The Morgan fingerprint density at radius 1 is 1.26 bits per heavy atom. The lowest BCUT2D eigenvalue weighted by Crippen LogP contribution is -2.20. The molecule has 5 nitrogen and oxygen atoms in total. The number of benzene rings is 1. The van der Waals surface area contributed by atoms with Gasteiger partial charge in [-0.25, -0.2) is 4.98 Å². The summed E-state index contributed by atoms with van der Waals surface area (Å²) in [6.07, 6.45) is 3.45. The summed E-state index contributed by atoms with van der Waals surface area (Å²) in [5, 5.41) is 5.16. The van der Waals surface area contributed by atoms with Crippen LogP contribution in [0.5, 0.6) is 5.75 Å². The number of aromatic nitrogens is 2. The van der Waals surface area contributed by atoms with Crippen LogP contribution in [-0.4, -0.2) is 22.5 Å². The molecule has 0 saturated carbocycles. The number of hydrogen-bond acceptors (Lipinski definition) is 5. The summed E-state index contributed by atoms with van der Waals surface area (Å²) < 4.78 is 5.44. The van der Waals surface area contributed by atoms with E-state index < -0.39 is 0 Å². The Morgan fingerprint density at radius 3 is 2.83 bits per heavy atom. The Labute approximate surface area is 138 Å². The van der Waals surface area contributed by atoms with E-state index in [1.807, 2.05) is 48.7 Å². The molecule has 0 aliphatic heterocycles. The van der Waals surface area contributed by atoms with E-state index in [1.165, 1.54) is 11.3 Å². The fourth-order valence-corrected chi connectivity index (χ4v) is 2.65. The third-order valence-corrected chi connectivity index (χ3v) is 3.86. The SMILES string of the molecule is Cc1ccc(OCC(=O)Nc2nc(-c3cccnc3)cs2)cc1. The summed E-state index contributed by atoms with van der Waals surface area (Å²) in [5.41, 5.74) is 2.85. The third-order valence-electron chi connectivity index (χ3n) is 3.10. The zero-order valence-electron chi connectivity index (χ0n) is 12.5. The van der Waals surface area contributed by atoms with Crippen molar-refractivity contribution in [2.24, 2.45) is 0 Å². The van der Waals surface area contributed by atoms with Gasteiger partial charge in [-0.3, -0.25) is 15.1 Å². The number of amides is 1. The fraction of sp³-hybridized carbons (Fsp3) is 0.118. The second kappa shape index (κ2) is 7.02. The molecule has 1 aromatic carbocycles. The van der Waals surface area contributed by atoms with Crippen LogP contribution in [0.25, 0.3) is 11.3 Å². The van der Waals surface area contributed by atoms with E-state index in [0.717, 1.165) is 16.8 Å². The van der Waals surface area contributed by atoms with Gasteiger partial charge in [0.1, 0.15) is 5.75 Å². The molecule has 0 radical (unpaired) electrons. The average molecular weight is 325 g/mol. The van der Waals surface area contributed by atoms with Crippen LogP contribution in [0.1, 0.15) is 5.56 Å². The van der Waals surface area contributed by atoms with Crippen LogP contribution in [0.2, 0.25) is 0 Å². The number of anilines is 1. The summed E-state index contributed by atoms with van der Waals surface area (Å²) in [7, 11) is 0. The molecule has 116 valence electrons. The number of carbonyl (C=O) groups excluding carboxylic acids is 1. The third kappa shape index (κ3) is 4.14. The highest BCUT2D eigenvalue weighted by Crippen LogP contribution is 2.24. The maximum atomic E-state index is 11.9. The Bertz CT molecular complexity index is 785. The number of rotatable bonds is 5. The molecule has 0 aliphatic rings. The van der Waals surface area contributed by atoms with Crippen molar-refractivity contribution in [3.63, 3.8) is 0 Å². The molecule has 2 aromatic heterocycles. The molecule has 1 amide bonds. The molecule has 3 rings (SSSR count). The highest BCUT2D eigenvalue weighted by Gasteiger charge is 2.08. The molecule has 0 spiro atoms. The van der Waals surface area contributed by atoms with E-state index in [2.05, 4.69) is 15.3 Å². The standard InChI is InChI=1S/C17H15N3O2S/c1-12-4-6-14(7-5-12)22-10-16(21)20-17-19-15(11-23-17)13-3-2-8-18-9-13/h2-9,11H,10H2,1H3,(H,19,20,21). The fourth-order valence-electron chi connectivity index (χ4n) is 1.92. The molecule has 6 heteroatoms. The first-order chi connectivity index (χ1) is 11.2. The van der Waals surface area contributed by atoms with Crippen LogP contribution in [0.4, 0.5) is 5.13 Å². The summed E-state index contributed by atoms with van der Waals surface area (Å²) in [4.78, 5) is 20.4. The maximum Gasteiger partial charge on any atom is 0.264 e. The van der Waals surface area contributed by atoms with E-state index in [1.54, 1.807) is 12.4 Å². The zero-order valence-corrected chi connectivity index (χ0v) is 13.3. The first-order valence-electron chi connectivity index (χ1n) is 7.06. The Morgan fingerprint density at radius 2 is 2.09 bits per heavy atom. The van der Waals surface area contributed by atoms with Crippen LogP contribution in [0.3, 0.4) is 0 Å². The molecule has 0 atom stereocenters. The average Bonchev–Trinajstić information content (AvgIpc) is 3.04. The molecule has 0 fully saturated rings.